The van der Waals surface area contributed by atoms with E-state index in [1.807, 2.05) is 12.2 Å². The second-order valence-electron chi connectivity index (χ2n) is 0.918. The highest BCUT2D eigenvalue weighted by atomic mass is 28.2. The summed E-state index contributed by atoms with van der Waals surface area (Å²) in [7, 11) is -0.0679. The quantitative estimate of drug-likeness (QED) is 0.354. The highest BCUT2D eigenvalue weighted by molar-refractivity contribution is 6.44. The Bertz CT molecular complexity index is 61.7. The van der Waals surface area contributed by atoms with Gasteiger partial charge in [0.1, 0.15) is 0 Å². The van der Waals surface area contributed by atoms with Gasteiger partial charge in [-0.1, -0.05) is 23.6 Å². The van der Waals surface area contributed by atoms with E-state index in [0.29, 0.717) is 0 Å². The zero-order valence-corrected chi connectivity index (χ0v) is 4.28. The summed E-state index contributed by atoms with van der Waals surface area (Å²) in [4.78, 5) is 0. The molecule has 0 aliphatic carbocycles. The van der Waals surface area contributed by atoms with Gasteiger partial charge in [-0.3, -0.25) is 0 Å². The van der Waals surface area contributed by atoms with Gasteiger partial charge in [0.15, 0.2) is 0 Å². The van der Waals surface area contributed by atoms with Crippen LogP contribution in [0.3, 0.4) is 0 Å². The van der Waals surface area contributed by atoms with Crippen molar-refractivity contribution in [2.45, 2.75) is 0 Å². The monoisotopic (exact) mass is 80.0 g/mol. The maximum atomic E-state index is 3.07. The second kappa shape index (κ2) is 1.22. The standard InChI is InChI=1S/C4H4Si/c1-2-4-5-3-1/h1-2H,5H2. The molecule has 2 radical (unpaired) electrons. The predicted molar refractivity (Wildman–Crippen MR) is 24.2 cm³/mol. The van der Waals surface area contributed by atoms with Gasteiger partial charge >= 0.3 is 0 Å². The second-order valence-corrected chi connectivity index (χ2v) is 2.09. The molecule has 0 spiro atoms. The van der Waals surface area contributed by atoms with Crippen molar-refractivity contribution in [3.63, 3.8) is 0 Å². The van der Waals surface area contributed by atoms with Crippen LogP contribution in [0.4, 0.5) is 0 Å². The van der Waals surface area contributed by atoms with Crippen molar-refractivity contribution in [1.29, 1.82) is 0 Å². The summed E-state index contributed by atoms with van der Waals surface area (Å²) < 4.78 is 0. The van der Waals surface area contributed by atoms with Crippen molar-refractivity contribution in [2.24, 2.45) is 0 Å². The van der Waals surface area contributed by atoms with Crippen molar-refractivity contribution in [2.75, 3.05) is 0 Å². The van der Waals surface area contributed by atoms with Crippen molar-refractivity contribution in [3.8, 4) is 0 Å². The summed E-state index contributed by atoms with van der Waals surface area (Å²) in [5, 5.41) is 0. The summed E-state index contributed by atoms with van der Waals surface area (Å²) in [6, 6.07) is 0. The Kier molecular flexibility index (Phi) is 0.709. The van der Waals surface area contributed by atoms with Gasteiger partial charge in [-0.05, 0) is 0 Å². The van der Waals surface area contributed by atoms with E-state index in [0.717, 1.165) is 0 Å². The minimum absolute atomic E-state index is 0.0679. The molecule has 0 unspecified atom stereocenters. The number of hydrogen-bond donors (Lipinski definition) is 0. The highest BCUT2D eigenvalue weighted by Gasteiger charge is 1.75. The number of allylic oxidation sites excluding steroid dienone is 2. The third kappa shape index (κ3) is 0.483. The lowest BCUT2D eigenvalue weighted by Crippen LogP contribution is -1.66. The van der Waals surface area contributed by atoms with Crippen LogP contribution in [0.25, 0.3) is 0 Å². The number of hydrogen-bond acceptors (Lipinski definition) is 0. The lowest BCUT2D eigenvalue weighted by molar-refractivity contribution is 2.08. The van der Waals surface area contributed by atoms with Gasteiger partial charge < -0.3 is 0 Å². The Hall–Kier alpha value is -0.303. The molecule has 5 heavy (non-hydrogen) atoms. The predicted octanol–water partition coefficient (Wildman–Crippen LogP) is -0.197. The van der Waals surface area contributed by atoms with Crippen molar-refractivity contribution in [3.05, 3.63) is 23.6 Å². The molecule has 1 aliphatic rings. The fourth-order valence-corrected chi connectivity index (χ4v) is 0.884. The molecule has 0 N–H and O–H groups in total. The lowest BCUT2D eigenvalue weighted by atomic mass is 10.6. The summed E-state index contributed by atoms with van der Waals surface area (Å²) in [5.41, 5.74) is 6.14. The molecule has 0 aromatic carbocycles. The van der Waals surface area contributed by atoms with Crippen LogP contribution in [-0.2, 0) is 0 Å². The van der Waals surface area contributed by atoms with E-state index in [1.54, 1.807) is 0 Å². The first-order chi connectivity index (χ1) is 2.50. The van der Waals surface area contributed by atoms with Crippen LogP contribution in [0.15, 0.2) is 12.2 Å². The van der Waals surface area contributed by atoms with E-state index in [4.69, 9.17) is 0 Å². The van der Waals surface area contributed by atoms with Crippen LogP contribution >= 0.6 is 0 Å². The van der Waals surface area contributed by atoms with Crippen molar-refractivity contribution in [1.82, 2.24) is 0 Å². The normalized spacial score (nSPS) is 17.6. The van der Waals surface area contributed by atoms with E-state index in [-0.39, 0.29) is 9.52 Å². The molecule has 0 saturated carbocycles. The molecule has 1 heterocycles. The fraction of sp³-hybridized carbons (Fsp3) is 0. The topological polar surface area (TPSA) is 0 Å². The molecule has 0 bridgehead atoms. The molecule has 0 saturated heterocycles. The Morgan fingerprint density at radius 3 is 2.00 bits per heavy atom. The maximum absolute atomic E-state index is 3.07. The van der Waals surface area contributed by atoms with Crippen LogP contribution < -0.4 is 0 Å². The van der Waals surface area contributed by atoms with Crippen molar-refractivity contribution < 1.29 is 0 Å². The van der Waals surface area contributed by atoms with E-state index < -0.39 is 0 Å². The first-order valence-electron chi connectivity index (χ1n) is 1.62. The van der Waals surface area contributed by atoms with Gasteiger partial charge in [0, 0.05) is 0 Å². The molecule has 1 heteroatoms. The SMILES string of the molecule is [C]1=CC=[C][SiH2]1. The third-order valence-corrected chi connectivity index (χ3v) is 1.40. The minimum Gasteiger partial charge on any atom is -0.0635 e. The molecule has 1 aliphatic heterocycles. The molecule has 0 aromatic rings. The van der Waals surface area contributed by atoms with Crippen LogP contribution in [-0.4, -0.2) is 9.52 Å². The van der Waals surface area contributed by atoms with Crippen LogP contribution in [0.1, 0.15) is 0 Å². The first kappa shape index (κ1) is 2.91. The van der Waals surface area contributed by atoms with Crippen LogP contribution in [0.5, 0.6) is 0 Å². The van der Waals surface area contributed by atoms with Gasteiger partial charge in [-0.25, -0.2) is 0 Å². The third-order valence-electron chi connectivity index (χ3n) is 0.523. The number of rotatable bonds is 0. The Labute approximate surface area is 34.0 Å². The van der Waals surface area contributed by atoms with Gasteiger partial charge in [0.2, 0.25) is 0 Å². The first-order valence-corrected chi connectivity index (χ1v) is 3.03. The fourth-order valence-electron chi connectivity index (χ4n) is 0.295. The molecule has 0 amide bonds. The van der Waals surface area contributed by atoms with Gasteiger partial charge in [0.25, 0.3) is 0 Å². The summed E-state index contributed by atoms with van der Waals surface area (Å²) >= 11 is 0. The maximum Gasteiger partial charge on any atom is 0.0871 e. The zero-order chi connectivity index (χ0) is 3.54. The summed E-state index contributed by atoms with van der Waals surface area (Å²) in [5.74, 6) is 0. The molecule has 0 fully saturated rings. The Balaban J connectivity index is 2.61. The molecule has 0 atom stereocenters. The van der Waals surface area contributed by atoms with Gasteiger partial charge in [-0.15, -0.1) is 0 Å². The van der Waals surface area contributed by atoms with Crippen LogP contribution in [0.2, 0.25) is 0 Å². The minimum atomic E-state index is -0.0679. The van der Waals surface area contributed by atoms with E-state index in [2.05, 4.69) is 11.4 Å². The van der Waals surface area contributed by atoms with E-state index in [9.17, 15) is 0 Å². The largest absolute Gasteiger partial charge is 0.0871 e. The van der Waals surface area contributed by atoms with E-state index >= 15 is 0 Å². The molecular weight excluding hydrogens is 76.1 g/mol. The molecule has 0 nitrogen and oxygen atoms in total. The molecular formula is C4H4Si. The zero-order valence-electron chi connectivity index (χ0n) is 2.86. The summed E-state index contributed by atoms with van der Waals surface area (Å²) in [6.07, 6.45) is 3.87. The van der Waals surface area contributed by atoms with E-state index in [1.165, 1.54) is 0 Å². The average molecular weight is 80.2 g/mol. The Morgan fingerprint density at radius 1 is 1.20 bits per heavy atom. The van der Waals surface area contributed by atoms with Crippen molar-refractivity contribution >= 4 is 9.52 Å². The van der Waals surface area contributed by atoms with Gasteiger partial charge in [0.05, 0.1) is 9.52 Å². The van der Waals surface area contributed by atoms with Crippen LogP contribution in [0, 0.1) is 11.4 Å². The van der Waals surface area contributed by atoms with Gasteiger partial charge in [-0.2, -0.15) is 0 Å². The summed E-state index contributed by atoms with van der Waals surface area (Å²) in [6.45, 7) is 0. The molecule has 0 aromatic heterocycles. The Morgan fingerprint density at radius 2 is 1.80 bits per heavy atom. The molecule has 24 valence electrons. The smallest absolute Gasteiger partial charge is 0.0635 e. The molecule has 1 rings (SSSR count). The average Bonchev–Trinajstić information content (AvgIpc) is 1.76. The highest BCUT2D eigenvalue weighted by Crippen LogP contribution is 1.79. The lowest BCUT2D eigenvalue weighted by Gasteiger charge is -1.51.